The first-order valence-corrected chi connectivity index (χ1v) is 12.6. The average molecular weight is 567 g/mol. The molecule has 0 spiro atoms. The van der Waals surface area contributed by atoms with Crippen LogP contribution < -0.4 is 5.32 Å². The number of anilines is 1. The number of fused-ring (bicyclic) bond motifs is 1. The third kappa shape index (κ3) is 4.91. The molecular formula is C26H17Cl5N2O2. The van der Waals surface area contributed by atoms with Gasteiger partial charge in [0.2, 0.25) is 5.91 Å². The van der Waals surface area contributed by atoms with Gasteiger partial charge >= 0.3 is 0 Å². The fraction of sp³-hybridized carbons (Fsp3) is 0.154. The molecule has 4 nitrogen and oxygen atoms in total. The van der Waals surface area contributed by atoms with Gasteiger partial charge in [-0.05, 0) is 71.1 Å². The van der Waals surface area contributed by atoms with Crippen LogP contribution in [0.2, 0.25) is 15.1 Å². The standard InChI is InChI=1S/C26H17Cl5N2O2/c27-16-9-15(10-17(28)11-16)23-24(26(23,30)31)25(35)33-18-2-3-20(29)19(12-18)22(34)8-13-1-4-21-14(7-13)5-6-32-21/h1-7,9-12,23-24,32H,8H2,(H,33,35). The number of Topliss-reactive ketones (excluding diaryl/α,β-unsaturated/α-hetero) is 1. The number of carbonyl (C=O) groups excluding carboxylic acids is 2. The van der Waals surface area contributed by atoms with E-state index in [9.17, 15) is 9.59 Å². The van der Waals surface area contributed by atoms with Crippen molar-refractivity contribution in [3.63, 3.8) is 0 Å². The van der Waals surface area contributed by atoms with Gasteiger partial charge in [0.25, 0.3) is 0 Å². The Hall–Kier alpha value is -2.21. The molecular weight excluding hydrogens is 550 g/mol. The minimum Gasteiger partial charge on any atom is -0.361 e. The van der Waals surface area contributed by atoms with Gasteiger partial charge in [0.1, 0.15) is 4.33 Å². The second kappa shape index (κ2) is 9.34. The van der Waals surface area contributed by atoms with Crippen molar-refractivity contribution in [2.75, 3.05) is 5.32 Å². The van der Waals surface area contributed by atoms with Crippen molar-refractivity contribution in [2.45, 2.75) is 16.7 Å². The number of aromatic amines is 1. The largest absolute Gasteiger partial charge is 0.361 e. The molecule has 0 bridgehead atoms. The van der Waals surface area contributed by atoms with Crippen LogP contribution in [0.4, 0.5) is 5.69 Å². The molecule has 5 rings (SSSR count). The van der Waals surface area contributed by atoms with E-state index < -0.39 is 16.2 Å². The van der Waals surface area contributed by atoms with Gasteiger partial charge in [0.15, 0.2) is 5.78 Å². The van der Waals surface area contributed by atoms with Crippen LogP contribution in [0.25, 0.3) is 10.9 Å². The fourth-order valence-electron chi connectivity index (χ4n) is 4.35. The highest BCUT2D eigenvalue weighted by Crippen LogP contribution is 2.65. The lowest BCUT2D eigenvalue weighted by Gasteiger charge is -2.09. The van der Waals surface area contributed by atoms with Crippen molar-refractivity contribution < 1.29 is 9.59 Å². The van der Waals surface area contributed by atoms with E-state index in [0.29, 0.717) is 31.9 Å². The molecule has 1 heterocycles. The third-order valence-corrected chi connectivity index (χ3v) is 7.80. The SMILES string of the molecule is O=C(Cc1ccc2[nH]ccc2c1)c1cc(NC(=O)C2C(c3cc(Cl)cc(Cl)c3)C2(Cl)Cl)ccc1Cl. The molecule has 1 aliphatic carbocycles. The van der Waals surface area contributed by atoms with E-state index in [1.807, 2.05) is 30.5 Å². The zero-order chi connectivity index (χ0) is 24.9. The van der Waals surface area contributed by atoms with E-state index >= 15 is 0 Å². The molecule has 2 atom stereocenters. The number of aromatic nitrogens is 1. The smallest absolute Gasteiger partial charge is 0.231 e. The maximum Gasteiger partial charge on any atom is 0.231 e. The molecule has 2 N–H and O–H groups in total. The number of alkyl halides is 2. The monoisotopic (exact) mass is 564 g/mol. The summed E-state index contributed by atoms with van der Waals surface area (Å²) in [6.45, 7) is 0. The van der Waals surface area contributed by atoms with Gasteiger partial charge in [-0.15, -0.1) is 23.2 Å². The maximum atomic E-state index is 13.0. The molecule has 0 radical (unpaired) electrons. The molecule has 178 valence electrons. The van der Waals surface area contributed by atoms with Gasteiger partial charge in [-0.3, -0.25) is 9.59 Å². The van der Waals surface area contributed by atoms with Crippen molar-refractivity contribution in [2.24, 2.45) is 5.92 Å². The first-order chi connectivity index (χ1) is 16.6. The van der Waals surface area contributed by atoms with Crippen LogP contribution in [0.3, 0.4) is 0 Å². The van der Waals surface area contributed by atoms with E-state index in [1.54, 1.807) is 36.4 Å². The van der Waals surface area contributed by atoms with Crippen LogP contribution in [0, 0.1) is 5.92 Å². The Morgan fingerprint density at radius 2 is 1.66 bits per heavy atom. The number of carbonyl (C=O) groups is 2. The predicted molar refractivity (Wildman–Crippen MR) is 144 cm³/mol. The summed E-state index contributed by atoms with van der Waals surface area (Å²) in [5, 5.41) is 4.99. The van der Waals surface area contributed by atoms with E-state index in [2.05, 4.69) is 10.3 Å². The fourth-order valence-corrected chi connectivity index (χ4v) is 5.95. The van der Waals surface area contributed by atoms with Gasteiger partial charge < -0.3 is 10.3 Å². The van der Waals surface area contributed by atoms with E-state index in [4.69, 9.17) is 58.0 Å². The van der Waals surface area contributed by atoms with Crippen LogP contribution in [0.5, 0.6) is 0 Å². The second-order valence-electron chi connectivity index (χ2n) is 8.52. The number of nitrogens with one attached hydrogen (secondary N) is 2. The summed E-state index contributed by atoms with van der Waals surface area (Å²) in [5.74, 6) is -1.74. The number of halogens is 5. The molecule has 0 aliphatic heterocycles. The molecule has 2 unspecified atom stereocenters. The lowest BCUT2D eigenvalue weighted by atomic mass is 10.0. The average Bonchev–Trinajstić information content (AvgIpc) is 3.11. The maximum absolute atomic E-state index is 13.0. The molecule has 4 aromatic rings. The quantitative estimate of drug-likeness (QED) is 0.183. The molecule has 35 heavy (non-hydrogen) atoms. The zero-order valence-corrected chi connectivity index (χ0v) is 21.7. The van der Waals surface area contributed by atoms with E-state index in [1.165, 1.54) is 0 Å². The van der Waals surface area contributed by atoms with Gasteiger partial charge in [0, 0.05) is 45.3 Å². The Labute approximate surface area is 226 Å². The molecule has 3 aromatic carbocycles. The lowest BCUT2D eigenvalue weighted by Crippen LogP contribution is -2.17. The topological polar surface area (TPSA) is 62.0 Å². The molecule has 1 amide bonds. The van der Waals surface area contributed by atoms with E-state index in [0.717, 1.165) is 16.5 Å². The van der Waals surface area contributed by atoms with Crippen LogP contribution >= 0.6 is 58.0 Å². The number of amides is 1. The van der Waals surface area contributed by atoms with Crippen molar-refractivity contribution in [3.8, 4) is 0 Å². The van der Waals surface area contributed by atoms with Crippen molar-refractivity contribution >= 4 is 86.3 Å². The summed E-state index contributed by atoms with van der Waals surface area (Å²) in [6, 6.07) is 17.5. The zero-order valence-electron chi connectivity index (χ0n) is 17.9. The summed E-state index contributed by atoms with van der Waals surface area (Å²) < 4.78 is -1.31. The number of hydrogen-bond donors (Lipinski definition) is 2. The number of H-pyrrole nitrogens is 1. The Bertz CT molecular complexity index is 1460. The number of benzene rings is 3. The first-order valence-electron chi connectivity index (χ1n) is 10.7. The minimum atomic E-state index is -1.31. The molecule has 1 aliphatic rings. The molecule has 1 fully saturated rings. The number of ketones is 1. The second-order valence-corrected chi connectivity index (χ2v) is 11.2. The summed E-state index contributed by atoms with van der Waals surface area (Å²) in [7, 11) is 0. The van der Waals surface area contributed by atoms with E-state index in [-0.39, 0.29) is 18.1 Å². The number of hydrogen-bond acceptors (Lipinski definition) is 2. The third-order valence-electron chi connectivity index (χ3n) is 6.10. The highest BCUT2D eigenvalue weighted by molar-refractivity contribution is 6.53. The predicted octanol–water partition coefficient (Wildman–Crippen LogP) is 8.08. The van der Waals surface area contributed by atoms with Gasteiger partial charge in [-0.25, -0.2) is 0 Å². The Balaban J connectivity index is 1.33. The van der Waals surface area contributed by atoms with Crippen molar-refractivity contribution in [1.82, 2.24) is 4.98 Å². The number of rotatable bonds is 6. The van der Waals surface area contributed by atoms with Gasteiger partial charge in [-0.2, -0.15) is 0 Å². The summed E-state index contributed by atoms with van der Waals surface area (Å²) in [4.78, 5) is 29.2. The summed E-state index contributed by atoms with van der Waals surface area (Å²) in [6.07, 6.45) is 2.02. The van der Waals surface area contributed by atoms with Crippen molar-refractivity contribution in [1.29, 1.82) is 0 Å². The Morgan fingerprint density at radius 3 is 2.40 bits per heavy atom. The normalized spacial score (nSPS) is 18.4. The molecule has 9 heteroatoms. The van der Waals surface area contributed by atoms with Crippen molar-refractivity contribution in [3.05, 3.63) is 98.6 Å². The highest BCUT2D eigenvalue weighted by atomic mass is 35.5. The molecule has 1 aromatic heterocycles. The lowest BCUT2D eigenvalue weighted by molar-refractivity contribution is -0.117. The highest BCUT2D eigenvalue weighted by Gasteiger charge is 2.67. The van der Waals surface area contributed by atoms with Crippen LogP contribution in [0.15, 0.2) is 66.9 Å². The Kier molecular flexibility index (Phi) is 6.54. The molecule has 0 saturated heterocycles. The van der Waals surface area contributed by atoms with Gasteiger partial charge in [-0.1, -0.05) is 40.9 Å². The summed E-state index contributed by atoms with van der Waals surface area (Å²) in [5.41, 5.74) is 3.28. The van der Waals surface area contributed by atoms with Crippen LogP contribution in [-0.4, -0.2) is 21.0 Å². The van der Waals surface area contributed by atoms with Gasteiger partial charge in [0.05, 0.1) is 10.9 Å². The Morgan fingerprint density at radius 1 is 0.914 bits per heavy atom. The summed E-state index contributed by atoms with van der Waals surface area (Å²) >= 11 is 31.4. The minimum absolute atomic E-state index is 0.164. The molecule has 1 saturated carbocycles. The van der Waals surface area contributed by atoms with Crippen LogP contribution in [0.1, 0.15) is 27.4 Å². The first kappa shape index (κ1) is 24.5. The van der Waals surface area contributed by atoms with Crippen LogP contribution in [-0.2, 0) is 11.2 Å².